The number of carbonyl (C=O) groups excluding carboxylic acids is 2. The number of nitrogens with one attached hydrogen (secondary N) is 2. The molecule has 6 heteroatoms. The van der Waals surface area contributed by atoms with Crippen LogP contribution in [0.25, 0.3) is 0 Å². The maximum Gasteiger partial charge on any atom is 0.221 e. The SMILES string of the molecule is CC(=O)Nc1ccc(N2COc3ccc(NC(C)=O)cc3C2)cc1. The van der Waals surface area contributed by atoms with Crippen molar-refractivity contribution in [3.05, 3.63) is 48.0 Å². The van der Waals surface area contributed by atoms with Crippen LogP contribution >= 0.6 is 0 Å². The highest BCUT2D eigenvalue weighted by Crippen LogP contribution is 2.30. The molecule has 1 heterocycles. The number of rotatable bonds is 3. The van der Waals surface area contributed by atoms with Gasteiger partial charge in [0, 0.05) is 43.0 Å². The first kappa shape index (κ1) is 15.9. The highest BCUT2D eigenvalue weighted by molar-refractivity contribution is 5.89. The fourth-order valence-corrected chi connectivity index (χ4v) is 2.65. The Kier molecular flexibility index (Phi) is 4.37. The van der Waals surface area contributed by atoms with Gasteiger partial charge in [-0.3, -0.25) is 9.59 Å². The Morgan fingerprint density at radius 2 is 1.58 bits per heavy atom. The van der Waals surface area contributed by atoms with Crippen molar-refractivity contribution in [1.29, 1.82) is 0 Å². The van der Waals surface area contributed by atoms with Gasteiger partial charge in [0.15, 0.2) is 6.73 Å². The van der Waals surface area contributed by atoms with Gasteiger partial charge in [0.05, 0.1) is 0 Å². The number of amides is 2. The molecule has 0 saturated carbocycles. The molecule has 0 bridgehead atoms. The Balaban J connectivity index is 1.76. The zero-order valence-corrected chi connectivity index (χ0v) is 13.6. The molecule has 0 atom stereocenters. The quantitative estimate of drug-likeness (QED) is 0.910. The number of anilines is 3. The van der Waals surface area contributed by atoms with E-state index in [1.165, 1.54) is 13.8 Å². The second-order valence-corrected chi connectivity index (χ2v) is 5.70. The molecule has 2 amide bonds. The molecular weight excluding hydrogens is 306 g/mol. The largest absolute Gasteiger partial charge is 0.473 e. The van der Waals surface area contributed by atoms with Crippen LogP contribution in [0.2, 0.25) is 0 Å². The predicted octanol–water partition coefficient (Wildman–Crippen LogP) is 2.96. The van der Waals surface area contributed by atoms with Crippen LogP contribution in [0.15, 0.2) is 42.5 Å². The number of benzene rings is 2. The van der Waals surface area contributed by atoms with Crippen molar-refractivity contribution in [3.8, 4) is 5.75 Å². The molecule has 124 valence electrons. The number of ether oxygens (including phenoxy) is 1. The molecule has 2 N–H and O–H groups in total. The maximum absolute atomic E-state index is 11.2. The first-order valence-corrected chi connectivity index (χ1v) is 7.67. The van der Waals surface area contributed by atoms with Crippen molar-refractivity contribution in [3.63, 3.8) is 0 Å². The summed E-state index contributed by atoms with van der Waals surface area (Å²) in [6.45, 7) is 4.10. The summed E-state index contributed by atoms with van der Waals surface area (Å²) in [5.74, 6) is 0.635. The number of hydrogen-bond donors (Lipinski definition) is 2. The summed E-state index contributed by atoms with van der Waals surface area (Å²) < 4.78 is 5.79. The van der Waals surface area contributed by atoms with Crippen molar-refractivity contribution >= 4 is 28.9 Å². The molecule has 0 fully saturated rings. The van der Waals surface area contributed by atoms with Crippen LogP contribution in [-0.4, -0.2) is 18.5 Å². The standard InChI is InChI=1S/C18H19N3O3/c1-12(22)19-15-3-6-17(7-4-15)21-10-14-9-16(20-13(2)23)5-8-18(14)24-11-21/h3-9H,10-11H2,1-2H3,(H,19,22)(H,20,23). The molecule has 1 aliphatic heterocycles. The molecule has 0 saturated heterocycles. The van der Waals surface area contributed by atoms with Gasteiger partial charge in [-0.25, -0.2) is 0 Å². The average Bonchev–Trinajstić information content (AvgIpc) is 2.54. The van der Waals surface area contributed by atoms with Crippen LogP contribution in [0.4, 0.5) is 17.1 Å². The van der Waals surface area contributed by atoms with Crippen LogP contribution in [-0.2, 0) is 16.1 Å². The first-order valence-electron chi connectivity index (χ1n) is 7.67. The molecule has 0 radical (unpaired) electrons. The van der Waals surface area contributed by atoms with Gasteiger partial charge in [0.2, 0.25) is 11.8 Å². The van der Waals surface area contributed by atoms with Gasteiger partial charge in [-0.15, -0.1) is 0 Å². The van der Waals surface area contributed by atoms with Gasteiger partial charge in [0.1, 0.15) is 5.75 Å². The van der Waals surface area contributed by atoms with Gasteiger partial charge >= 0.3 is 0 Å². The number of nitrogens with zero attached hydrogens (tertiary/aromatic N) is 1. The Labute approximate surface area is 140 Å². The lowest BCUT2D eigenvalue weighted by Crippen LogP contribution is -2.31. The van der Waals surface area contributed by atoms with Crippen LogP contribution in [0.3, 0.4) is 0 Å². The van der Waals surface area contributed by atoms with E-state index in [-0.39, 0.29) is 11.8 Å². The lowest BCUT2D eigenvalue weighted by Gasteiger charge is -2.31. The van der Waals surface area contributed by atoms with Crippen molar-refractivity contribution < 1.29 is 14.3 Å². The van der Waals surface area contributed by atoms with Crippen LogP contribution < -0.4 is 20.3 Å². The fourth-order valence-electron chi connectivity index (χ4n) is 2.65. The molecule has 0 unspecified atom stereocenters. The molecular formula is C18H19N3O3. The van der Waals surface area contributed by atoms with Gasteiger partial charge in [-0.05, 0) is 42.5 Å². The van der Waals surface area contributed by atoms with E-state index in [1.54, 1.807) is 0 Å². The summed E-state index contributed by atoms with van der Waals surface area (Å²) in [7, 11) is 0. The predicted molar refractivity (Wildman–Crippen MR) is 93.2 cm³/mol. The normalized spacial score (nSPS) is 12.8. The molecule has 0 aromatic heterocycles. The Morgan fingerprint density at radius 1 is 0.958 bits per heavy atom. The topological polar surface area (TPSA) is 70.7 Å². The Bertz CT molecular complexity index is 772. The second kappa shape index (κ2) is 6.62. The molecule has 0 aliphatic carbocycles. The zero-order valence-electron chi connectivity index (χ0n) is 13.6. The fraction of sp³-hybridized carbons (Fsp3) is 0.222. The molecule has 3 rings (SSSR count). The van der Waals surface area contributed by atoms with E-state index in [1.807, 2.05) is 42.5 Å². The summed E-state index contributed by atoms with van der Waals surface area (Å²) in [5.41, 5.74) is 3.53. The Hall–Kier alpha value is -3.02. The zero-order chi connectivity index (χ0) is 17.1. The monoisotopic (exact) mass is 325 g/mol. The summed E-state index contributed by atoms with van der Waals surface area (Å²) in [6, 6.07) is 13.2. The maximum atomic E-state index is 11.2. The van der Waals surface area contributed by atoms with Gasteiger partial charge < -0.3 is 20.3 Å². The van der Waals surface area contributed by atoms with Crippen LogP contribution in [0.5, 0.6) is 5.75 Å². The van der Waals surface area contributed by atoms with Crippen molar-refractivity contribution in [2.75, 3.05) is 22.3 Å². The van der Waals surface area contributed by atoms with E-state index < -0.39 is 0 Å². The van der Waals surface area contributed by atoms with E-state index in [0.29, 0.717) is 13.3 Å². The summed E-state index contributed by atoms with van der Waals surface area (Å²) in [5, 5.41) is 5.53. The molecule has 24 heavy (non-hydrogen) atoms. The van der Waals surface area contributed by atoms with Crippen molar-refractivity contribution in [2.24, 2.45) is 0 Å². The number of carbonyl (C=O) groups is 2. The number of hydrogen-bond acceptors (Lipinski definition) is 4. The van der Waals surface area contributed by atoms with Crippen molar-refractivity contribution in [1.82, 2.24) is 0 Å². The molecule has 6 nitrogen and oxygen atoms in total. The molecule has 0 spiro atoms. The van der Waals surface area contributed by atoms with E-state index in [0.717, 1.165) is 28.4 Å². The smallest absolute Gasteiger partial charge is 0.221 e. The number of fused-ring (bicyclic) bond motifs is 1. The van der Waals surface area contributed by atoms with Crippen LogP contribution in [0, 0.1) is 0 Å². The minimum absolute atomic E-state index is 0.0940. The van der Waals surface area contributed by atoms with E-state index in [4.69, 9.17) is 4.74 Å². The van der Waals surface area contributed by atoms with E-state index in [2.05, 4.69) is 15.5 Å². The van der Waals surface area contributed by atoms with Crippen LogP contribution in [0.1, 0.15) is 19.4 Å². The molecule has 1 aliphatic rings. The lowest BCUT2D eigenvalue weighted by molar-refractivity contribution is -0.115. The minimum Gasteiger partial charge on any atom is -0.473 e. The third-order valence-electron chi connectivity index (χ3n) is 3.67. The first-order chi connectivity index (χ1) is 11.5. The van der Waals surface area contributed by atoms with Gasteiger partial charge in [-0.1, -0.05) is 0 Å². The summed E-state index contributed by atoms with van der Waals surface area (Å²) >= 11 is 0. The third kappa shape index (κ3) is 3.65. The average molecular weight is 325 g/mol. The highest BCUT2D eigenvalue weighted by atomic mass is 16.5. The van der Waals surface area contributed by atoms with Gasteiger partial charge in [-0.2, -0.15) is 0 Å². The molecule has 2 aromatic carbocycles. The van der Waals surface area contributed by atoms with Gasteiger partial charge in [0.25, 0.3) is 0 Å². The molecule has 2 aromatic rings. The Morgan fingerprint density at radius 3 is 2.25 bits per heavy atom. The van der Waals surface area contributed by atoms with Crippen molar-refractivity contribution in [2.45, 2.75) is 20.4 Å². The third-order valence-corrected chi connectivity index (χ3v) is 3.67. The lowest BCUT2D eigenvalue weighted by atomic mass is 10.1. The second-order valence-electron chi connectivity index (χ2n) is 5.70. The van der Waals surface area contributed by atoms with E-state index >= 15 is 0 Å². The van der Waals surface area contributed by atoms with E-state index in [9.17, 15) is 9.59 Å². The summed E-state index contributed by atoms with van der Waals surface area (Å²) in [4.78, 5) is 24.3. The minimum atomic E-state index is -0.0999. The summed E-state index contributed by atoms with van der Waals surface area (Å²) in [6.07, 6.45) is 0. The highest BCUT2D eigenvalue weighted by Gasteiger charge is 2.18.